The molecule has 0 unspecified atom stereocenters. The van der Waals surface area contributed by atoms with Gasteiger partial charge in [0.25, 0.3) is 0 Å². The molecule has 2 heterocycles. The predicted molar refractivity (Wildman–Crippen MR) is 290 cm³/mol. The van der Waals surface area contributed by atoms with Gasteiger partial charge in [0.1, 0.15) is 97.5 Å². The van der Waals surface area contributed by atoms with E-state index in [1.807, 2.05) is 24.3 Å². The van der Waals surface area contributed by atoms with Gasteiger partial charge in [0.15, 0.2) is 17.5 Å². The lowest BCUT2D eigenvalue weighted by Gasteiger charge is -2.24. The van der Waals surface area contributed by atoms with Gasteiger partial charge in [0.05, 0.1) is 0 Å². The van der Waals surface area contributed by atoms with Crippen LogP contribution in [0.3, 0.4) is 0 Å². The molecule has 60 heavy (non-hydrogen) atoms. The molecule has 4 nitrogen and oxygen atoms in total. The minimum Gasteiger partial charge on any atom is -0.457 e. The van der Waals surface area contributed by atoms with Crippen LogP contribution in [-0.2, 0) is 0 Å². The fourth-order valence-electron chi connectivity index (χ4n) is 9.30. The van der Waals surface area contributed by atoms with Crippen LogP contribution in [0.4, 0.5) is 0 Å². The molecule has 9 aromatic rings. The molecular weight excluding hydrogens is 717 g/mol. The zero-order chi connectivity index (χ0) is 42.1. The molecule has 0 bridgehead atoms. The molecule has 0 radical (unpaired) electrons. The number of hydrogen-bond acceptors (Lipinski definition) is 4. The number of rotatable bonds is 6. The average Bonchev–Trinajstić information content (AvgIpc) is 3.69. The van der Waals surface area contributed by atoms with Crippen molar-refractivity contribution in [3.05, 3.63) is 109 Å². The molecule has 0 spiro atoms. The van der Waals surface area contributed by atoms with Crippen molar-refractivity contribution >= 4 is 168 Å². The minimum atomic E-state index is 0.637. The van der Waals surface area contributed by atoms with Crippen LogP contribution in [0.15, 0.2) is 114 Å². The Labute approximate surface area is 362 Å². The van der Waals surface area contributed by atoms with Crippen molar-refractivity contribution in [3.63, 3.8) is 0 Å². The van der Waals surface area contributed by atoms with E-state index >= 15 is 0 Å². The van der Waals surface area contributed by atoms with Crippen LogP contribution in [0.1, 0.15) is 0 Å². The van der Waals surface area contributed by atoms with Crippen LogP contribution in [0.25, 0.3) is 89.5 Å². The van der Waals surface area contributed by atoms with Crippen LogP contribution >= 0.6 is 0 Å². The molecule has 15 heteroatoms. The fraction of sp³-hybridized carbons (Fsp3) is 0. The normalized spacial score (nSPS) is 11.4. The highest BCUT2D eigenvalue weighted by Gasteiger charge is 2.27. The molecule has 0 aliphatic heterocycles. The number of benzene rings is 7. The molecule has 7 aromatic carbocycles. The Kier molecular flexibility index (Phi) is 10.1. The van der Waals surface area contributed by atoms with Gasteiger partial charge in [0.2, 0.25) is 0 Å². The SMILES string of the molecule is Bc1c(B)c(B)c(-c2c(B)c(B)c(B)c3oc4c(B)c(B)c(-c5nc(-c6ccccc6)nc(-c6ccc(-c7ccc(-c8ccccc8)cc7)cc6)n5)c(B)c4c23)c(B)c1B. The molecule has 0 amide bonds. The first-order chi connectivity index (χ1) is 28.8. The highest BCUT2D eigenvalue weighted by atomic mass is 16.3. The number of furan rings is 1. The maximum atomic E-state index is 7.04. The number of aromatic nitrogens is 3. The Morgan fingerprint density at radius 3 is 1.12 bits per heavy atom. The van der Waals surface area contributed by atoms with E-state index in [0.717, 1.165) is 60.8 Å². The Morgan fingerprint density at radius 2 is 0.600 bits per heavy atom. The summed E-state index contributed by atoms with van der Waals surface area (Å²) in [6, 6.07) is 38.1. The number of nitrogens with zero attached hydrogens (tertiary/aromatic N) is 3. The summed E-state index contributed by atoms with van der Waals surface area (Å²) in [4.78, 5) is 15.7. The van der Waals surface area contributed by atoms with E-state index in [0.29, 0.717) is 17.5 Å². The zero-order valence-electron chi connectivity index (χ0n) is 36.6. The Bertz CT molecular complexity index is 3170. The van der Waals surface area contributed by atoms with Gasteiger partial charge in [0, 0.05) is 27.5 Å². The molecule has 0 saturated carbocycles. The Hall–Kier alpha value is -5.94. The molecule has 0 atom stereocenters. The number of hydrogen-bond donors (Lipinski definition) is 0. The van der Waals surface area contributed by atoms with Crippen molar-refractivity contribution in [2.24, 2.45) is 0 Å². The Balaban J connectivity index is 1.26. The monoisotopic (exact) mass is 759 g/mol. The topological polar surface area (TPSA) is 51.8 Å². The van der Waals surface area contributed by atoms with Crippen LogP contribution in [0.2, 0.25) is 0 Å². The average molecular weight is 758 g/mol. The molecule has 0 aliphatic rings. The number of fused-ring (bicyclic) bond motifs is 3. The van der Waals surface area contributed by atoms with Crippen LogP contribution in [-0.4, -0.2) is 101 Å². The first-order valence-electron chi connectivity index (χ1n) is 21.0. The van der Waals surface area contributed by atoms with Crippen molar-refractivity contribution in [2.75, 3.05) is 0 Å². The van der Waals surface area contributed by atoms with Gasteiger partial charge in [-0.15, -0.1) is 16.4 Å². The summed E-state index contributed by atoms with van der Waals surface area (Å²) in [6.45, 7) is 0. The van der Waals surface area contributed by atoms with E-state index in [4.69, 9.17) is 19.4 Å². The van der Waals surface area contributed by atoms with E-state index in [2.05, 4.69) is 171 Å². The molecule has 9 rings (SSSR count). The van der Waals surface area contributed by atoms with Gasteiger partial charge in [-0.1, -0.05) is 153 Å². The quantitative estimate of drug-likeness (QED) is 0.159. The first kappa shape index (κ1) is 39.5. The van der Waals surface area contributed by atoms with Gasteiger partial charge < -0.3 is 4.42 Å². The minimum absolute atomic E-state index is 0.637. The highest BCUT2D eigenvalue weighted by Crippen LogP contribution is 2.34. The second-order valence-electron chi connectivity index (χ2n) is 16.7. The van der Waals surface area contributed by atoms with Crippen molar-refractivity contribution in [2.45, 2.75) is 0 Å². The van der Waals surface area contributed by atoms with Crippen molar-refractivity contribution in [1.82, 2.24) is 15.0 Å². The van der Waals surface area contributed by atoms with E-state index in [1.54, 1.807) is 0 Å². The lowest BCUT2D eigenvalue weighted by atomic mass is 9.58. The largest absolute Gasteiger partial charge is 0.457 e. The van der Waals surface area contributed by atoms with Crippen molar-refractivity contribution in [3.8, 4) is 67.5 Å². The standard InChI is InChI=1S/C45H40B11N3O/c46-30-28-26-25(27-32(48)35(51)38(54)36(52)33(27)49)31(47)37(53)40(56)41(26)60-42(28)39(55)34(50)29(30)45-58-43(23-9-5-2-6-10-23)57-44(59-45)24-17-15-22(16-18-24)21-13-11-20(12-14-21)19-7-3-1-4-8-19/h1-18H,46-56H2. The van der Waals surface area contributed by atoms with Gasteiger partial charge in [-0.25, -0.2) is 15.0 Å². The smallest absolute Gasteiger partial charge is 0.164 e. The summed E-state index contributed by atoms with van der Waals surface area (Å²) in [7, 11) is 24.7. The van der Waals surface area contributed by atoms with E-state index in [9.17, 15) is 0 Å². The third-order valence-electron chi connectivity index (χ3n) is 13.6. The summed E-state index contributed by atoms with van der Waals surface area (Å²) in [5.74, 6) is 1.94. The molecule has 0 N–H and O–H groups in total. The second kappa shape index (κ2) is 15.3. The lowest BCUT2D eigenvalue weighted by molar-refractivity contribution is 0.675. The Morgan fingerprint density at radius 1 is 0.267 bits per heavy atom. The van der Waals surface area contributed by atoms with Gasteiger partial charge in [-0.05, 0) is 33.4 Å². The third kappa shape index (κ3) is 6.36. The van der Waals surface area contributed by atoms with E-state index in [-0.39, 0.29) is 0 Å². The van der Waals surface area contributed by atoms with Crippen LogP contribution < -0.4 is 60.1 Å². The van der Waals surface area contributed by atoms with Gasteiger partial charge in [-0.3, -0.25) is 0 Å². The summed E-state index contributed by atoms with van der Waals surface area (Å²) in [6.07, 6.45) is 0. The van der Waals surface area contributed by atoms with Crippen LogP contribution in [0.5, 0.6) is 0 Å². The predicted octanol–water partition coefficient (Wildman–Crippen LogP) is -7.38. The molecule has 0 saturated heterocycles. The maximum absolute atomic E-state index is 7.04. The fourth-order valence-corrected chi connectivity index (χ4v) is 9.30. The molecule has 274 valence electrons. The lowest BCUT2D eigenvalue weighted by Crippen LogP contribution is -2.56. The van der Waals surface area contributed by atoms with E-state index < -0.39 is 0 Å². The third-order valence-corrected chi connectivity index (χ3v) is 13.6. The molecule has 0 fully saturated rings. The highest BCUT2D eigenvalue weighted by molar-refractivity contribution is 6.71. The summed E-state index contributed by atoms with van der Waals surface area (Å²) in [5, 5.41) is 2.30. The molecule has 2 aromatic heterocycles. The van der Waals surface area contributed by atoms with Gasteiger partial charge in [-0.2, -0.15) is 0 Å². The summed E-state index contributed by atoms with van der Waals surface area (Å²) < 4.78 is 7.04. The van der Waals surface area contributed by atoms with Crippen molar-refractivity contribution < 1.29 is 4.42 Å². The van der Waals surface area contributed by atoms with E-state index in [1.165, 1.54) is 71.3 Å². The summed E-state index contributed by atoms with van der Waals surface area (Å²) >= 11 is 0. The van der Waals surface area contributed by atoms with Crippen molar-refractivity contribution in [1.29, 1.82) is 0 Å². The maximum Gasteiger partial charge on any atom is 0.164 e. The van der Waals surface area contributed by atoms with Crippen LogP contribution in [0, 0.1) is 0 Å². The van der Waals surface area contributed by atoms with Gasteiger partial charge >= 0.3 is 0 Å². The zero-order valence-corrected chi connectivity index (χ0v) is 36.6. The molecule has 0 aliphatic carbocycles. The molecular formula is C45H40B11N3O. The summed E-state index contributed by atoms with van der Waals surface area (Å²) in [5.41, 5.74) is 25.8. The first-order valence-corrected chi connectivity index (χ1v) is 21.0. The second-order valence-corrected chi connectivity index (χ2v) is 16.7.